The summed E-state index contributed by atoms with van der Waals surface area (Å²) in [6.07, 6.45) is 7.73. The number of hydrogen-bond donors (Lipinski definition) is 4. The van der Waals surface area contributed by atoms with E-state index in [-0.39, 0.29) is 40.7 Å². The number of likely N-dealkylation sites (tertiary alicyclic amines) is 1. The molecule has 0 spiro atoms. The number of benzene rings is 2. The largest absolute Gasteiger partial charge is 0.484 e. The van der Waals surface area contributed by atoms with E-state index in [0.29, 0.717) is 36.7 Å². The van der Waals surface area contributed by atoms with E-state index in [1.54, 1.807) is 41.1 Å². The maximum absolute atomic E-state index is 15.2. The normalized spacial score (nSPS) is 18.9. The van der Waals surface area contributed by atoms with Crippen molar-refractivity contribution in [1.82, 2.24) is 24.6 Å². The molecule has 2 aromatic carbocycles. The van der Waals surface area contributed by atoms with Gasteiger partial charge in [-0.1, -0.05) is 51.1 Å². The predicted molar refractivity (Wildman–Crippen MR) is 198 cm³/mol. The van der Waals surface area contributed by atoms with E-state index < -0.39 is 11.8 Å². The zero-order chi connectivity index (χ0) is 36.3. The van der Waals surface area contributed by atoms with Crippen LogP contribution in [0.25, 0.3) is 5.69 Å². The number of piperidine rings is 1. The Balaban J connectivity index is 1.20. The van der Waals surface area contributed by atoms with Crippen molar-refractivity contribution in [2.75, 3.05) is 18.1 Å². The molecule has 2 aromatic heterocycles. The number of ether oxygens (including phenoxy) is 1. The molecule has 270 valence electrons. The van der Waals surface area contributed by atoms with Gasteiger partial charge in [-0.3, -0.25) is 20.7 Å². The Kier molecular flexibility index (Phi) is 10.9. The quantitative estimate of drug-likeness (QED) is 0.0836. The molecule has 0 saturated carbocycles. The summed E-state index contributed by atoms with van der Waals surface area (Å²) >= 11 is 1.23. The van der Waals surface area contributed by atoms with Crippen molar-refractivity contribution in [3.63, 3.8) is 0 Å². The summed E-state index contributed by atoms with van der Waals surface area (Å²) in [7, 11) is 0. The second-order valence-electron chi connectivity index (χ2n) is 14.2. The fourth-order valence-corrected chi connectivity index (χ4v) is 6.99. The van der Waals surface area contributed by atoms with Crippen molar-refractivity contribution in [2.45, 2.75) is 90.0 Å². The number of nitrogens with one attached hydrogen (secondary N) is 4. The SMILES string of the molecule is CSOCc1ccc(F)c(-n2nc(C(C)(C)C)cc2NC(=O)N[C@H]2CC[C@@H](Oc3ccc(=N)n(C(=N)N4CCCC[C@@H]4C)c3)c3ccccc32)c1. The summed E-state index contributed by atoms with van der Waals surface area (Å²) in [6.45, 7) is 9.27. The first-order valence-corrected chi connectivity index (χ1v) is 18.6. The number of halogens is 1. The maximum Gasteiger partial charge on any atom is 0.320 e. The number of rotatable bonds is 8. The molecule has 4 aromatic rings. The molecule has 4 N–H and O–H groups in total. The van der Waals surface area contributed by atoms with E-state index in [4.69, 9.17) is 24.8 Å². The number of carbonyl (C=O) groups is 1. The van der Waals surface area contributed by atoms with Gasteiger partial charge in [-0.2, -0.15) is 5.10 Å². The van der Waals surface area contributed by atoms with E-state index in [9.17, 15) is 4.79 Å². The van der Waals surface area contributed by atoms with Gasteiger partial charge in [0.15, 0.2) is 0 Å². The Morgan fingerprint density at radius 2 is 1.84 bits per heavy atom. The van der Waals surface area contributed by atoms with E-state index in [0.717, 1.165) is 42.5 Å². The number of carbonyl (C=O) groups excluding carboxylic acids is 1. The third kappa shape index (κ3) is 8.15. The Morgan fingerprint density at radius 1 is 1.06 bits per heavy atom. The lowest BCUT2D eigenvalue weighted by Crippen LogP contribution is -2.47. The molecule has 2 amide bonds. The first-order valence-electron chi connectivity index (χ1n) is 17.4. The van der Waals surface area contributed by atoms with Crippen LogP contribution >= 0.6 is 12.0 Å². The molecule has 0 unspecified atom stereocenters. The lowest BCUT2D eigenvalue weighted by atomic mass is 9.85. The second kappa shape index (κ2) is 15.3. The third-order valence-electron chi connectivity index (χ3n) is 9.55. The van der Waals surface area contributed by atoms with Gasteiger partial charge in [-0.25, -0.2) is 13.9 Å². The Labute approximate surface area is 302 Å². The van der Waals surface area contributed by atoms with Gasteiger partial charge in [0.2, 0.25) is 5.96 Å². The molecule has 3 atom stereocenters. The molecule has 1 saturated heterocycles. The van der Waals surface area contributed by atoms with Crippen molar-refractivity contribution in [1.29, 1.82) is 10.8 Å². The number of hydrogen-bond acceptors (Lipinski definition) is 7. The van der Waals surface area contributed by atoms with Crippen LogP contribution in [0.2, 0.25) is 0 Å². The van der Waals surface area contributed by atoms with Crippen LogP contribution in [0, 0.1) is 16.6 Å². The van der Waals surface area contributed by atoms with Crippen LogP contribution in [0.15, 0.2) is 66.9 Å². The first-order chi connectivity index (χ1) is 24.4. The van der Waals surface area contributed by atoms with Gasteiger partial charge in [0.25, 0.3) is 0 Å². The van der Waals surface area contributed by atoms with Gasteiger partial charge in [0.1, 0.15) is 34.7 Å². The Morgan fingerprint density at radius 3 is 2.59 bits per heavy atom. The highest BCUT2D eigenvalue weighted by Crippen LogP contribution is 2.39. The van der Waals surface area contributed by atoms with Crippen molar-refractivity contribution in [2.24, 2.45) is 0 Å². The van der Waals surface area contributed by atoms with Crippen LogP contribution in [0.1, 0.15) is 94.3 Å². The fourth-order valence-electron chi connectivity index (χ4n) is 6.73. The molecule has 13 heteroatoms. The molecule has 11 nitrogen and oxygen atoms in total. The van der Waals surface area contributed by atoms with E-state index in [2.05, 4.69) is 22.5 Å². The standard InChI is InChI=1S/C38H47FN8O3S/c1-24-10-8-9-19-45(24)36(41)46-22-26(14-18-34(46)40)50-32-17-16-30(27-11-6-7-12-28(27)32)42-37(48)43-35-21-33(38(2,3)4)44-47(35)31-20-25(23-49-51-5)13-15-29(31)39/h6-7,11-15,18,20-22,24,30,32,40-41H,8-10,16-17,19,23H2,1-5H3,(H2,42,43,48)/t24-,30-,32+/m0/s1. The highest BCUT2D eigenvalue weighted by Gasteiger charge is 2.31. The minimum Gasteiger partial charge on any atom is -0.484 e. The summed E-state index contributed by atoms with van der Waals surface area (Å²) < 4.78 is 30.3. The molecule has 1 fully saturated rings. The van der Waals surface area contributed by atoms with Gasteiger partial charge < -0.3 is 19.1 Å². The summed E-state index contributed by atoms with van der Waals surface area (Å²) in [5.74, 6) is 0.736. The van der Waals surface area contributed by atoms with E-state index in [1.807, 2.05) is 51.3 Å². The lowest BCUT2D eigenvalue weighted by Gasteiger charge is -2.36. The van der Waals surface area contributed by atoms with Gasteiger partial charge in [0.05, 0.1) is 24.5 Å². The van der Waals surface area contributed by atoms with Crippen molar-refractivity contribution in [3.05, 3.63) is 101 Å². The number of urea groups is 1. The van der Waals surface area contributed by atoms with Crippen LogP contribution < -0.4 is 20.9 Å². The molecule has 1 aliphatic carbocycles. The molecular weight excluding hydrogens is 668 g/mol. The van der Waals surface area contributed by atoms with Crippen LogP contribution in [-0.2, 0) is 16.2 Å². The summed E-state index contributed by atoms with van der Waals surface area (Å²) in [5.41, 5.74) is 3.47. The number of fused-ring (bicyclic) bond motifs is 1. The molecule has 51 heavy (non-hydrogen) atoms. The summed E-state index contributed by atoms with van der Waals surface area (Å²) in [4.78, 5) is 15.7. The lowest BCUT2D eigenvalue weighted by molar-refractivity contribution is 0.171. The Hall–Kier alpha value is -4.62. The van der Waals surface area contributed by atoms with Crippen LogP contribution in [0.4, 0.5) is 15.0 Å². The molecule has 3 heterocycles. The van der Waals surface area contributed by atoms with Crippen molar-refractivity contribution < 1.29 is 18.1 Å². The van der Waals surface area contributed by atoms with Gasteiger partial charge in [-0.05, 0) is 92.0 Å². The van der Waals surface area contributed by atoms with Gasteiger partial charge in [-0.15, -0.1) is 0 Å². The van der Waals surface area contributed by atoms with Gasteiger partial charge >= 0.3 is 6.03 Å². The third-order valence-corrected chi connectivity index (χ3v) is 9.90. The van der Waals surface area contributed by atoms with Crippen molar-refractivity contribution >= 4 is 29.9 Å². The zero-order valence-corrected chi connectivity index (χ0v) is 30.6. The minimum atomic E-state index is -0.469. The number of nitrogens with zero attached hydrogens (tertiary/aromatic N) is 4. The van der Waals surface area contributed by atoms with Crippen LogP contribution in [0.5, 0.6) is 5.75 Å². The smallest absolute Gasteiger partial charge is 0.320 e. The molecular formula is C38H47FN8O3S. The molecule has 2 aliphatic rings. The molecule has 0 bridgehead atoms. The predicted octanol–water partition coefficient (Wildman–Crippen LogP) is 7.82. The molecule has 0 radical (unpaired) electrons. The number of pyridine rings is 1. The number of aromatic nitrogens is 3. The maximum atomic E-state index is 15.2. The van der Waals surface area contributed by atoms with Crippen LogP contribution in [0.3, 0.4) is 0 Å². The molecule has 6 rings (SSSR count). The van der Waals surface area contributed by atoms with Crippen molar-refractivity contribution in [3.8, 4) is 11.4 Å². The number of amides is 2. The summed E-state index contributed by atoms with van der Waals surface area (Å²) in [5, 5.41) is 28.2. The number of anilines is 1. The highest BCUT2D eigenvalue weighted by atomic mass is 32.2. The van der Waals surface area contributed by atoms with E-state index in [1.165, 1.54) is 22.8 Å². The molecule has 1 aliphatic heterocycles. The Bertz CT molecular complexity index is 1950. The van der Waals surface area contributed by atoms with E-state index >= 15 is 4.39 Å². The minimum absolute atomic E-state index is 0.214. The second-order valence-corrected chi connectivity index (χ2v) is 14.8. The first kappa shape index (κ1) is 36.2. The zero-order valence-electron chi connectivity index (χ0n) is 29.8. The monoisotopic (exact) mass is 714 g/mol. The van der Waals surface area contributed by atoms with Gasteiger partial charge in [0, 0.05) is 30.3 Å². The summed E-state index contributed by atoms with van der Waals surface area (Å²) in [6, 6.07) is 17.4. The topological polar surface area (TPSA) is 133 Å². The average molecular weight is 715 g/mol. The van der Waals surface area contributed by atoms with Crippen LogP contribution in [-0.4, -0.2) is 50.1 Å². The average Bonchev–Trinajstić information content (AvgIpc) is 3.53. The highest BCUT2D eigenvalue weighted by molar-refractivity contribution is 7.93. The fraction of sp³-hybridized carbons (Fsp3) is 0.421.